The number of carbonyl (C=O) groups is 2. The fourth-order valence-corrected chi connectivity index (χ4v) is 3.41. The Morgan fingerprint density at radius 3 is 2.60 bits per heavy atom. The molecular weight excluding hydrogens is 340 g/mol. The highest BCUT2D eigenvalue weighted by molar-refractivity contribution is 7.80. The van der Waals surface area contributed by atoms with Crippen molar-refractivity contribution in [2.45, 2.75) is 38.6 Å². The van der Waals surface area contributed by atoms with Gasteiger partial charge < -0.3 is 19.7 Å². The van der Waals surface area contributed by atoms with Gasteiger partial charge in [-0.3, -0.25) is 0 Å². The zero-order chi connectivity index (χ0) is 18.4. The zero-order valence-electron chi connectivity index (χ0n) is 14.8. The number of nitrogens with one attached hydrogen (secondary N) is 1. The Balaban J connectivity index is 2.30. The average Bonchev–Trinajstić information content (AvgIpc) is 2.66. The third-order valence-corrected chi connectivity index (χ3v) is 4.78. The van der Waals surface area contributed by atoms with Crippen molar-refractivity contribution in [2.24, 2.45) is 0 Å². The SMILES string of the molecule is CC[C@H]1CCCCN1C(=S)Nc1cc(C(=O)OC)ccc1C(=O)OC. The van der Waals surface area contributed by atoms with Crippen molar-refractivity contribution in [3.63, 3.8) is 0 Å². The molecule has 136 valence electrons. The zero-order valence-corrected chi connectivity index (χ0v) is 15.6. The summed E-state index contributed by atoms with van der Waals surface area (Å²) in [6, 6.07) is 5.02. The summed E-state index contributed by atoms with van der Waals surface area (Å²) in [5.74, 6) is -0.970. The van der Waals surface area contributed by atoms with Gasteiger partial charge in [0.05, 0.1) is 31.0 Å². The van der Waals surface area contributed by atoms with Crippen LogP contribution in [0.2, 0.25) is 0 Å². The van der Waals surface area contributed by atoms with Crippen LogP contribution in [0.15, 0.2) is 18.2 Å². The molecule has 0 spiro atoms. The summed E-state index contributed by atoms with van der Waals surface area (Å²) in [7, 11) is 2.63. The van der Waals surface area contributed by atoms with Crippen LogP contribution in [-0.2, 0) is 9.47 Å². The third kappa shape index (κ3) is 4.48. The molecule has 25 heavy (non-hydrogen) atoms. The molecule has 7 heteroatoms. The van der Waals surface area contributed by atoms with E-state index in [1.807, 2.05) is 0 Å². The number of hydrogen-bond acceptors (Lipinski definition) is 5. The third-order valence-electron chi connectivity index (χ3n) is 4.45. The summed E-state index contributed by atoms with van der Waals surface area (Å²) >= 11 is 5.57. The Morgan fingerprint density at radius 2 is 1.96 bits per heavy atom. The minimum absolute atomic E-state index is 0.322. The number of benzene rings is 1. The molecule has 0 aromatic heterocycles. The highest BCUT2D eigenvalue weighted by atomic mass is 32.1. The van der Waals surface area contributed by atoms with E-state index in [0.717, 1.165) is 25.8 Å². The summed E-state index contributed by atoms with van der Waals surface area (Å²) in [5, 5.41) is 3.68. The average molecular weight is 364 g/mol. The maximum absolute atomic E-state index is 12.0. The summed E-state index contributed by atoms with van der Waals surface area (Å²) in [6.45, 7) is 3.03. The molecule has 1 N–H and O–H groups in total. The molecule has 0 unspecified atom stereocenters. The fraction of sp³-hybridized carbons (Fsp3) is 0.500. The van der Waals surface area contributed by atoms with Crippen molar-refractivity contribution >= 4 is 35.0 Å². The summed E-state index contributed by atoms with van der Waals surface area (Å²) in [5.41, 5.74) is 1.11. The van der Waals surface area contributed by atoms with Crippen molar-refractivity contribution in [2.75, 3.05) is 26.1 Å². The van der Waals surface area contributed by atoms with Crippen LogP contribution in [0.5, 0.6) is 0 Å². The second kappa shape index (κ2) is 8.80. The lowest BCUT2D eigenvalue weighted by Crippen LogP contribution is -2.45. The van der Waals surface area contributed by atoms with Crippen LogP contribution in [0, 0.1) is 0 Å². The number of anilines is 1. The van der Waals surface area contributed by atoms with Crippen molar-refractivity contribution in [3.8, 4) is 0 Å². The predicted molar refractivity (Wildman–Crippen MR) is 100.0 cm³/mol. The lowest BCUT2D eigenvalue weighted by molar-refractivity contribution is 0.0587. The lowest BCUT2D eigenvalue weighted by Gasteiger charge is -2.37. The normalized spacial score (nSPS) is 16.9. The summed E-state index contributed by atoms with van der Waals surface area (Å²) in [6.07, 6.45) is 4.39. The number of piperidine rings is 1. The number of likely N-dealkylation sites (tertiary alicyclic amines) is 1. The van der Waals surface area contributed by atoms with Crippen molar-refractivity contribution in [1.29, 1.82) is 0 Å². The number of hydrogen-bond donors (Lipinski definition) is 1. The monoisotopic (exact) mass is 364 g/mol. The Labute approximate surface area is 153 Å². The van der Waals surface area contributed by atoms with Gasteiger partial charge in [-0.1, -0.05) is 6.92 Å². The van der Waals surface area contributed by atoms with Crippen LogP contribution < -0.4 is 5.32 Å². The van der Waals surface area contributed by atoms with Gasteiger partial charge >= 0.3 is 11.9 Å². The van der Waals surface area contributed by atoms with Gasteiger partial charge in [-0.2, -0.15) is 0 Å². The Morgan fingerprint density at radius 1 is 1.24 bits per heavy atom. The molecule has 1 aromatic carbocycles. The quantitative estimate of drug-likeness (QED) is 0.650. The molecule has 0 saturated carbocycles. The van der Waals surface area contributed by atoms with Crippen LogP contribution >= 0.6 is 12.2 Å². The topological polar surface area (TPSA) is 67.9 Å². The first-order chi connectivity index (χ1) is 12.0. The van der Waals surface area contributed by atoms with Crippen molar-refractivity contribution in [3.05, 3.63) is 29.3 Å². The molecule has 1 aromatic rings. The van der Waals surface area contributed by atoms with E-state index < -0.39 is 11.9 Å². The number of rotatable bonds is 4. The minimum Gasteiger partial charge on any atom is -0.465 e. The van der Waals surface area contributed by atoms with E-state index in [-0.39, 0.29) is 0 Å². The van der Waals surface area contributed by atoms with Crippen LogP contribution in [0.4, 0.5) is 5.69 Å². The molecule has 1 aliphatic rings. The number of nitrogens with zero attached hydrogens (tertiary/aromatic N) is 1. The molecular formula is C18H24N2O4S. The molecule has 1 fully saturated rings. The van der Waals surface area contributed by atoms with Gasteiger partial charge in [0.25, 0.3) is 0 Å². The van der Waals surface area contributed by atoms with Gasteiger partial charge in [0.1, 0.15) is 0 Å². The van der Waals surface area contributed by atoms with E-state index in [4.69, 9.17) is 21.7 Å². The van der Waals surface area contributed by atoms with Crippen molar-refractivity contribution < 1.29 is 19.1 Å². The number of carbonyl (C=O) groups excluding carboxylic acids is 2. The Hall–Kier alpha value is -2.15. The molecule has 1 heterocycles. The van der Waals surface area contributed by atoms with E-state index in [0.29, 0.717) is 28.0 Å². The number of methoxy groups -OCH3 is 2. The first-order valence-electron chi connectivity index (χ1n) is 8.40. The summed E-state index contributed by atoms with van der Waals surface area (Å²) in [4.78, 5) is 26.0. The molecule has 1 saturated heterocycles. The predicted octanol–water partition coefficient (Wildman–Crippen LogP) is 3.22. The van der Waals surface area contributed by atoms with Gasteiger partial charge in [0, 0.05) is 12.6 Å². The van der Waals surface area contributed by atoms with Crippen LogP contribution in [0.3, 0.4) is 0 Å². The van der Waals surface area contributed by atoms with E-state index >= 15 is 0 Å². The maximum atomic E-state index is 12.0. The minimum atomic E-state index is -0.493. The van der Waals surface area contributed by atoms with Crippen LogP contribution in [0.25, 0.3) is 0 Å². The van der Waals surface area contributed by atoms with E-state index in [1.165, 1.54) is 32.8 Å². The van der Waals surface area contributed by atoms with Crippen LogP contribution in [0.1, 0.15) is 53.3 Å². The molecule has 0 amide bonds. The van der Waals surface area contributed by atoms with Crippen LogP contribution in [-0.4, -0.2) is 48.8 Å². The standard InChI is InChI=1S/C18H24N2O4S/c1-4-13-7-5-6-10-20(13)18(25)19-15-11-12(16(21)23-2)8-9-14(15)17(22)24-3/h8-9,11,13H,4-7,10H2,1-3H3,(H,19,25)/t13-/m0/s1. The Bertz CT molecular complexity index is 662. The summed E-state index contributed by atoms with van der Waals surface area (Å²) < 4.78 is 9.57. The molecule has 1 aliphatic heterocycles. The Kier molecular flexibility index (Phi) is 6.75. The second-order valence-corrected chi connectivity index (χ2v) is 6.31. The number of thiocarbonyl (C=S) groups is 1. The molecule has 0 radical (unpaired) electrons. The van der Waals surface area contributed by atoms with Gasteiger partial charge in [-0.15, -0.1) is 0 Å². The van der Waals surface area contributed by atoms with Crippen molar-refractivity contribution in [1.82, 2.24) is 4.90 Å². The number of ether oxygens (including phenoxy) is 2. The first-order valence-corrected chi connectivity index (χ1v) is 8.81. The smallest absolute Gasteiger partial charge is 0.339 e. The van der Waals surface area contributed by atoms with Gasteiger partial charge in [-0.25, -0.2) is 9.59 Å². The second-order valence-electron chi connectivity index (χ2n) is 5.92. The van der Waals surface area contributed by atoms with Gasteiger partial charge in [0.2, 0.25) is 0 Å². The maximum Gasteiger partial charge on any atom is 0.339 e. The number of esters is 2. The van der Waals surface area contributed by atoms with E-state index in [2.05, 4.69) is 17.1 Å². The molecule has 2 rings (SSSR count). The first kappa shape index (κ1) is 19.2. The van der Waals surface area contributed by atoms with Gasteiger partial charge in [0.15, 0.2) is 5.11 Å². The fourth-order valence-electron chi connectivity index (χ4n) is 3.06. The largest absolute Gasteiger partial charge is 0.465 e. The highest BCUT2D eigenvalue weighted by Gasteiger charge is 2.24. The molecule has 6 nitrogen and oxygen atoms in total. The van der Waals surface area contributed by atoms with Gasteiger partial charge in [-0.05, 0) is 56.1 Å². The van der Waals surface area contributed by atoms with E-state index in [9.17, 15) is 9.59 Å². The highest BCUT2D eigenvalue weighted by Crippen LogP contribution is 2.24. The molecule has 0 aliphatic carbocycles. The molecule has 0 bridgehead atoms. The lowest BCUT2D eigenvalue weighted by atomic mass is 10.0. The van der Waals surface area contributed by atoms with E-state index in [1.54, 1.807) is 6.07 Å². The molecule has 1 atom stereocenters.